The van der Waals surface area contributed by atoms with Crippen LogP contribution in [-0.4, -0.2) is 33.7 Å². The Balaban J connectivity index is 1.87. The van der Waals surface area contributed by atoms with Gasteiger partial charge in [0.2, 0.25) is 0 Å². The summed E-state index contributed by atoms with van der Waals surface area (Å²) in [7, 11) is -2.52. The Morgan fingerprint density at radius 1 is 1.03 bits per heavy atom. The maximum Gasteiger partial charge on any atom is 0.264 e. The molecule has 0 bridgehead atoms. The van der Waals surface area contributed by atoms with Gasteiger partial charge in [0.1, 0.15) is 12.3 Å². The highest BCUT2D eigenvalue weighted by molar-refractivity contribution is 9.10. The molecule has 0 heterocycles. The lowest BCUT2D eigenvalue weighted by atomic mass is 10.1. The number of carbonyl (C=O) groups is 1. The summed E-state index contributed by atoms with van der Waals surface area (Å²) in [4.78, 5) is 12.8. The Labute approximate surface area is 195 Å². The summed E-state index contributed by atoms with van der Waals surface area (Å²) >= 11 is 3.37. The van der Waals surface area contributed by atoms with Gasteiger partial charge in [-0.05, 0) is 48.9 Å². The van der Waals surface area contributed by atoms with E-state index in [1.807, 2.05) is 24.3 Å². The van der Waals surface area contributed by atoms with Crippen LogP contribution in [0.15, 0.2) is 93.3 Å². The smallest absolute Gasteiger partial charge is 0.264 e. The van der Waals surface area contributed by atoms with Gasteiger partial charge in [-0.2, -0.15) is 5.10 Å². The lowest BCUT2D eigenvalue weighted by Gasteiger charge is -2.24. The molecule has 7 nitrogen and oxygen atoms in total. The molecular formula is C23H22BrN3O4S. The van der Waals surface area contributed by atoms with E-state index in [-0.39, 0.29) is 4.90 Å². The molecule has 32 heavy (non-hydrogen) atoms. The Morgan fingerprint density at radius 2 is 1.72 bits per heavy atom. The SMILES string of the molecule is COc1cccc(N(CC(=O)N/N=C(/C)c2ccc(Br)cc2)S(=O)(=O)c2ccccc2)c1. The lowest BCUT2D eigenvalue weighted by molar-refractivity contribution is -0.119. The zero-order valence-electron chi connectivity index (χ0n) is 17.5. The summed E-state index contributed by atoms with van der Waals surface area (Å²) in [6.45, 7) is 1.30. The monoisotopic (exact) mass is 515 g/mol. The maximum atomic E-state index is 13.3. The normalized spacial score (nSPS) is 11.7. The Kier molecular flexibility index (Phi) is 7.66. The fourth-order valence-corrected chi connectivity index (χ4v) is 4.57. The second-order valence-corrected chi connectivity index (χ2v) is 9.54. The lowest BCUT2D eigenvalue weighted by Crippen LogP contribution is -2.39. The van der Waals surface area contributed by atoms with Crippen LogP contribution in [0.2, 0.25) is 0 Å². The molecule has 1 amide bonds. The van der Waals surface area contributed by atoms with Gasteiger partial charge < -0.3 is 4.74 Å². The Bertz CT molecular complexity index is 1210. The van der Waals surface area contributed by atoms with E-state index in [1.165, 1.54) is 19.2 Å². The molecule has 3 rings (SSSR count). The molecule has 3 aromatic rings. The first-order chi connectivity index (χ1) is 15.3. The van der Waals surface area contributed by atoms with Crippen LogP contribution in [0.1, 0.15) is 12.5 Å². The number of hydrazone groups is 1. The van der Waals surface area contributed by atoms with E-state index in [2.05, 4.69) is 26.5 Å². The van der Waals surface area contributed by atoms with Gasteiger partial charge in [0.05, 0.1) is 23.4 Å². The second-order valence-electron chi connectivity index (χ2n) is 6.77. The predicted octanol–water partition coefficient (Wildman–Crippen LogP) is 4.19. The molecule has 0 aliphatic carbocycles. The molecule has 0 fully saturated rings. The minimum absolute atomic E-state index is 0.0742. The number of benzene rings is 3. The highest BCUT2D eigenvalue weighted by atomic mass is 79.9. The molecule has 9 heteroatoms. The van der Waals surface area contributed by atoms with Gasteiger partial charge in [-0.1, -0.05) is 52.3 Å². The number of hydrogen-bond acceptors (Lipinski definition) is 5. The minimum atomic E-state index is -4.01. The number of rotatable bonds is 8. The van der Waals surface area contributed by atoms with Crippen LogP contribution in [0.25, 0.3) is 0 Å². The molecule has 0 aliphatic rings. The third-order valence-corrected chi connectivity index (χ3v) is 6.89. The number of halogens is 1. The highest BCUT2D eigenvalue weighted by Crippen LogP contribution is 2.26. The number of nitrogens with zero attached hydrogens (tertiary/aromatic N) is 2. The predicted molar refractivity (Wildman–Crippen MR) is 128 cm³/mol. The van der Waals surface area contributed by atoms with Crippen LogP contribution < -0.4 is 14.5 Å². The molecule has 0 spiro atoms. The van der Waals surface area contributed by atoms with Crippen LogP contribution in [0.3, 0.4) is 0 Å². The summed E-state index contributed by atoms with van der Waals surface area (Å²) in [6.07, 6.45) is 0. The van der Waals surface area contributed by atoms with E-state index < -0.39 is 22.5 Å². The molecule has 0 aliphatic heterocycles. The standard InChI is InChI=1S/C23H22BrN3O4S/c1-17(18-11-13-19(24)14-12-18)25-26-23(28)16-27(20-7-6-8-21(15-20)31-2)32(29,30)22-9-4-3-5-10-22/h3-15H,16H2,1-2H3,(H,26,28)/b25-17-. The molecule has 3 aromatic carbocycles. The van der Waals surface area contributed by atoms with Crippen molar-refractivity contribution in [3.8, 4) is 5.75 Å². The third-order valence-electron chi connectivity index (χ3n) is 4.57. The van der Waals surface area contributed by atoms with Gasteiger partial charge in [0.15, 0.2) is 0 Å². The fraction of sp³-hybridized carbons (Fsp3) is 0.130. The molecule has 166 valence electrons. The zero-order chi connectivity index (χ0) is 23.1. The van der Waals surface area contributed by atoms with Crippen molar-refractivity contribution in [1.82, 2.24) is 5.43 Å². The van der Waals surface area contributed by atoms with E-state index in [0.717, 1.165) is 14.3 Å². The summed E-state index contributed by atoms with van der Waals surface area (Å²) < 4.78 is 33.8. The highest BCUT2D eigenvalue weighted by Gasteiger charge is 2.27. The molecule has 0 saturated carbocycles. The number of carbonyl (C=O) groups excluding carboxylic acids is 1. The van der Waals surface area contributed by atoms with E-state index >= 15 is 0 Å². The topological polar surface area (TPSA) is 88.1 Å². The van der Waals surface area contributed by atoms with E-state index in [1.54, 1.807) is 49.4 Å². The summed E-state index contributed by atoms with van der Waals surface area (Å²) in [5, 5.41) is 4.11. The Morgan fingerprint density at radius 3 is 2.38 bits per heavy atom. The number of methoxy groups -OCH3 is 1. The largest absolute Gasteiger partial charge is 0.497 e. The first-order valence-electron chi connectivity index (χ1n) is 9.62. The molecule has 0 unspecified atom stereocenters. The van der Waals surface area contributed by atoms with Gasteiger partial charge >= 0.3 is 0 Å². The van der Waals surface area contributed by atoms with Crippen molar-refractivity contribution < 1.29 is 17.9 Å². The number of ether oxygens (including phenoxy) is 1. The quantitative estimate of drug-likeness (QED) is 0.359. The number of nitrogens with one attached hydrogen (secondary N) is 1. The molecule has 0 atom stereocenters. The fourth-order valence-electron chi connectivity index (χ4n) is 2.87. The van der Waals surface area contributed by atoms with Crippen molar-refractivity contribution in [2.24, 2.45) is 5.10 Å². The van der Waals surface area contributed by atoms with E-state index in [9.17, 15) is 13.2 Å². The average molecular weight is 516 g/mol. The number of amides is 1. The first-order valence-corrected chi connectivity index (χ1v) is 11.9. The van der Waals surface area contributed by atoms with Crippen molar-refractivity contribution >= 4 is 43.3 Å². The first kappa shape index (κ1) is 23.5. The molecule has 0 saturated heterocycles. The van der Waals surface area contributed by atoms with Crippen molar-refractivity contribution in [2.75, 3.05) is 18.0 Å². The number of anilines is 1. The Hall–Kier alpha value is -3.17. The van der Waals surface area contributed by atoms with Crippen LogP contribution >= 0.6 is 15.9 Å². The third kappa shape index (κ3) is 5.74. The molecule has 1 N–H and O–H groups in total. The average Bonchev–Trinajstić information content (AvgIpc) is 2.82. The zero-order valence-corrected chi connectivity index (χ0v) is 19.9. The van der Waals surface area contributed by atoms with Crippen LogP contribution in [-0.2, 0) is 14.8 Å². The van der Waals surface area contributed by atoms with Gasteiger partial charge in [-0.3, -0.25) is 9.10 Å². The van der Waals surface area contributed by atoms with Gasteiger partial charge in [0.25, 0.3) is 15.9 Å². The second kappa shape index (κ2) is 10.4. The van der Waals surface area contributed by atoms with Gasteiger partial charge in [-0.25, -0.2) is 13.8 Å². The van der Waals surface area contributed by atoms with E-state index in [0.29, 0.717) is 17.1 Å². The van der Waals surface area contributed by atoms with Gasteiger partial charge in [0, 0.05) is 10.5 Å². The molecular weight excluding hydrogens is 494 g/mol. The summed E-state index contributed by atoms with van der Waals surface area (Å²) in [5.41, 5.74) is 4.17. The van der Waals surface area contributed by atoms with Crippen LogP contribution in [0.4, 0.5) is 5.69 Å². The summed E-state index contributed by atoms with van der Waals surface area (Å²) in [6, 6.07) is 21.9. The van der Waals surface area contributed by atoms with Crippen molar-refractivity contribution in [2.45, 2.75) is 11.8 Å². The summed E-state index contributed by atoms with van der Waals surface area (Å²) in [5.74, 6) is -0.107. The molecule has 0 aromatic heterocycles. The van der Waals surface area contributed by atoms with E-state index in [4.69, 9.17) is 4.74 Å². The van der Waals surface area contributed by atoms with Crippen molar-refractivity contribution in [3.05, 3.63) is 88.9 Å². The molecule has 0 radical (unpaired) electrons. The van der Waals surface area contributed by atoms with Crippen LogP contribution in [0.5, 0.6) is 5.75 Å². The minimum Gasteiger partial charge on any atom is -0.497 e. The van der Waals surface area contributed by atoms with Crippen molar-refractivity contribution in [1.29, 1.82) is 0 Å². The number of sulfonamides is 1. The number of hydrogen-bond donors (Lipinski definition) is 1. The maximum absolute atomic E-state index is 13.3. The van der Waals surface area contributed by atoms with Crippen LogP contribution in [0, 0.1) is 0 Å². The van der Waals surface area contributed by atoms with Crippen molar-refractivity contribution in [3.63, 3.8) is 0 Å². The van der Waals surface area contributed by atoms with Gasteiger partial charge in [-0.15, -0.1) is 0 Å².